The lowest BCUT2D eigenvalue weighted by Crippen LogP contribution is -2.22. The van der Waals surface area contributed by atoms with Gasteiger partial charge in [0, 0.05) is 20.7 Å². The second-order valence-electron chi connectivity index (χ2n) is 5.20. The maximum atomic E-state index is 12.4. The Bertz CT molecular complexity index is 401. The molecule has 0 aliphatic rings. The summed E-state index contributed by atoms with van der Waals surface area (Å²) in [6, 6.07) is 1.92. The second kappa shape index (κ2) is 5.75. The lowest BCUT2D eigenvalue weighted by molar-refractivity contribution is -0.141. The molecule has 0 aliphatic heterocycles. The van der Waals surface area contributed by atoms with Gasteiger partial charge in [0.15, 0.2) is 5.69 Å². The Labute approximate surface area is 113 Å². The van der Waals surface area contributed by atoms with Crippen LogP contribution in [0.25, 0.3) is 0 Å². The number of nitrogens with zero attached hydrogens (tertiary/aromatic N) is 2. The van der Waals surface area contributed by atoms with Gasteiger partial charge < -0.3 is 4.74 Å². The van der Waals surface area contributed by atoms with E-state index in [1.165, 1.54) is 0 Å². The molecule has 3 nitrogen and oxygen atoms in total. The lowest BCUT2D eigenvalue weighted by Gasteiger charge is -2.15. The van der Waals surface area contributed by atoms with Crippen molar-refractivity contribution in [2.24, 2.45) is 0 Å². The van der Waals surface area contributed by atoms with Gasteiger partial charge in [0.25, 0.3) is 0 Å². The van der Waals surface area contributed by atoms with E-state index in [4.69, 9.17) is 4.74 Å². The van der Waals surface area contributed by atoms with Gasteiger partial charge in [0.05, 0.1) is 0 Å². The normalized spacial score (nSPS) is 13.1. The molecule has 0 saturated carbocycles. The topological polar surface area (TPSA) is 27.1 Å². The number of halogens is 4. The third-order valence-electron chi connectivity index (χ3n) is 2.23. The molecule has 1 heterocycles. The van der Waals surface area contributed by atoms with Crippen molar-refractivity contribution in [2.45, 2.75) is 38.6 Å². The van der Waals surface area contributed by atoms with Gasteiger partial charge in [-0.3, -0.25) is 0 Å². The SMILES string of the molecule is C[Si](C)(C)CCOCn1nc(C(F)(F)F)cc1Br. The lowest BCUT2D eigenvalue weighted by atomic mass is 10.4. The zero-order valence-corrected chi connectivity index (χ0v) is 13.1. The molecule has 0 radical (unpaired) electrons. The van der Waals surface area contributed by atoms with Crippen molar-refractivity contribution in [3.63, 3.8) is 0 Å². The molecule has 0 saturated heterocycles. The van der Waals surface area contributed by atoms with Crippen LogP contribution in [0.3, 0.4) is 0 Å². The molecular formula is C10H16BrF3N2OSi. The van der Waals surface area contributed by atoms with Crippen LogP contribution in [0.5, 0.6) is 0 Å². The highest BCUT2D eigenvalue weighted by Gasteiger charge is 2.34. The van der Waals surface area contributed by atoms with Gasteiger partial charge in [-0.2, -0.15) is 18.3 Å². The van der Waals surface area contributed by atoms with E-state index in [9.17, 15) is 13.2 Å². The molecule has 0 fully saturated rings. The first-order valence-electron chi connectivity index (χ1n) is 5.48. The van der Waals surface area contributed by atoms with Gasteiger partial charge in [-0.25, -0.2) is 4.68 Å². The molecule has 0 unspecified atom stereocenters. The summed E-state index contributed by atoms with van der Waals surface area (Å²) in [7, 11) is -1.18. The molecule has 0 spiro atoms. The third-order valence-corrected chi connectivity index (χ3v) is 4.57. The molecule has 8 heteroatoms. The average molecular weight is 345 g/mol. The minimum atomic E-state index is -4.42. The number of hydrogen-bond donors (Lipinski definition) is 0. The summed E-state index contributed by atoms with van der Waals surface area (Å²) in [5, 5.41) is 3.45. The molecule has 0 aromatic carbocycles. The largest absolute Gasteiger partial charge is 0.435 e. The summed E-state index contributed by atoms with van der Waals surface area (Å²) in [5.41, 5.74) is -0.914. The second-order valence-corrected chi connectivity index (χ2v) is 11.6. The monoisotopic (exact) mass is 344 g/mol. The Hall–Kier alpha value is -0.343. The highest BCUT2D eigenvalue weighted by molar-refractivity contribution is 9.10. The van der Waals surface area contributed by atoms with Crippen molar-refractivity contribution in [1.82, 2.24) is 9.78 Å². The Morgan fingerprint density at radius 3 is 2.44 bits per heavy atom. The fourth-order valence-electron chi connectivity index (χ4n) is 1.15. The van der Waals surface area contributed by atoms with Crippen LogP contribution in [-0.4, -0.2) is 24.5 Å². The first-order valence-corrected chi connectivity index (χ1v) is 9.98. The molecular weight excluding hydrogens is 329 g/mol. The predicted molar refractivity (Wildman–Crippen MR) is 69.0 cm³/mol. The van der Waals surface area contributed by atoms with Crippen molar-refractivity contribution < 1.29 is 17.9 Å². The average Bonchev–Trinajstić information content (AvgIpc) is 2.53. The van der Waals surface area contributed by atoms with Crippen LogP contribution in [0.1, 0.15) is 5.69 Å². The highest BCUT2D eigenvalue weighted by atomic mass is 79.9. The minimum Gasteiger partial charge on any atom is -0.359 e. The fourth-order valence-corrected chi connectivity index (χ4v) is 2.31. The summed E-state index contributed by atoms with van der Waals surface area (Å²) in [6.07, 6.45) is -4.42. The zero-order valence-electron chi connectivity index (χ0n) is 10.5. The molecule has 0 N–H and O–H groups in total. The van der Waals surface area contributed by atoms with Gasteiger partial charge >= 0.3 is 6.18 Å². The van der Waals surface area contributed by atoms with E-state index in [-0.39, 0.29) is 11.3 Å². The van der Waals surface area contributed by atoms with E-state index in [0.29, 0.717) is 6.61 Å². The summed E-state index contributed by atoms with van der Waals surface area (Å²) in [6.45, 7) is 7.20. The van der Waals surface area contributed by atoms with Crippen LogP contribution >= 0.6 is 15.9 Å². The molecule has 18 heavy (non-hydrogen) atoms. The Morgan fingerprint density at radius 2 is 2.00 bits per heavy atom. The summed E-state index contributed by atoms with van der Waals surface area (Å²) in [5.74, 6) is 0. The molecule has 0 aliphatic carbocycles. The Kier molecular flexibility index (Phi) is 5.02. The molecule has 0 bridgehead atoms. The van der Waals surface area contributed by atoms with Crippen LogP contribution < -0.4 is 0 Å². The van der Waals surface area contributed by atoms with E-state index >= 15 is 0 Å². The number of hydrogen-bond acceptors (Lipinski definition) is 2. The third kappa shape index (κ3) is 5.11. The minimum absolute atomic E-state index is 0.0289. The summed E-state index contributed by atoms with van der Waals surface area (Å²) in [4.78, 5) is 0. The Balaban J connectivity index is 2.51. The molecule has 1 aromatic rings. The van der Waals surface area contributed by atoms with Gasteiger partial charge in [-0.1, -0.05) is 19.6 Å². The summed E-state index contributed by atoms with van der Waals surface area (Å²) >= 11 is 3.03. The molecule has 1 aromatic heterocycles. The smallest absolute Gasteiger partial charge is 0.359 e. The van der Waals surface area contributed by atoms with E-state index in [0.717, 1.165) is 16.8 Å². The van der Waals surface area contributed by atoms with Crippen molar-refractivity contribution in [1.29, 1.82) is 0 Å². The van der Waals surface area contributed by atoms with Crippen LogP contribution in [0.2, 0.25) is 25.7 Å². The number of alkyl halides is 3. The maximum absolute atomic E-state index is 12.4. The van der Waals surface area contributed by atoms with E-state index in [1.807, 2.05) is 0 Å². The van der Waals surface area contributed by atoms with Crippen molar-refractivity contribution in [3.05, 3.63) is 16.4 Å². The first-order chi connectivity index (χ1) is 8.09. The van der Waals surface area contributed by atoms with Crippen molar-refractivity contribution >= 4 is 24.0 Å². The van der Waals surface area contributed by atoms with Crippen molar-refractivity contribution in [2.75, 3.05) is 6.61 Å². The molecule has 0 amide bonds. The quantitative estimate of drug-likeness (QED) is 0.596. The van der Waals surface area contributed by atoms with Crippen molar-refractivity contribution in [3.8, 4) is 0 Å². The summed E-state index contributed by atoms with van der Waals surface area (Å²) < 4.78 is 43.9. The molecule has 0 atom stereocenters. The van der Waals surface area contributed by atoms with Crippen LogP contribution in [0.4, 0.5) is 13.2 Å². The van der Waals surface area contributed by atoms with Gasteiger partial charge in [-0.05, 0) is 22.0 Å². The maximum Gasteiger partial charge on any atom is 0.435 e. The van der Waals surface area contributed by atoms with E-state index in [2.05, 4.69) is 40.7 Å². The zero-order chi connectivity index (χ0) is 14.0. The van der Waals surface area contributed by atoms with Crippen LogP contribution in [0.15, 0.2) is 10.7 Å². The van der Waals surface area contributed by atoms with Gasteiger partial charge in [0.1, 0.15) is 11.3 Å². The predicted octanol–water partition coefficient (Wildman–Crippen LogP) is 3.98. The number of rotatable bonds is 5. The van der Waals surface area contributed by atoms with Gasteiger partial charge in [0.2, 0.25) is 0 Å². The molecule has 104 valence electrons. The van der Waals surface area contributed by atoms with E-state index < -0.39 is 19.9 Å². The highest BCUT2D eigenvalue weighted by Crippen LogP contribution is 2.29. The van der Waals surface area contributed by atoms with Crippen LogP contribution in [0, 0.1) is 0 Å². The molecule has 1 rings (SSSR count). The first kappa shape index (κ1) is 15.7. The fraction of sp³-hybridized carbons (Fsp3) is 0.700. The van der Waals surface area contributed by atoms with Gasteiger partial charge in [-0.15, -0.1) is 0 Å². The number of ether oxygens (including phenoxy) is 1. The Morgan fingerprint density at radius 1 is 1.39 bits per heavy atom. The number of aromatic nitrogens is 2. The van der Waals surface area contributed by atoms with Crippen LogP contribution in [-0.2, 0) is 17.6 Å². The van der Waals surface area contributed by atoms with E-state index in [1.54, 1.807) is 0 Å². The standard InChI is InChI=1S/C10H16BrF3N2OSi/c1-18(2,3)5-4-17-7-16-9(11)6-8(15-16)10(12,13)14/h6H,4-5,7H2,1-3H3.